The number of hydrogen-bond donors (Lipinski definition) is 1. The maximum atomic E-state index is 14.1. The van der Waals surface area contributed by atoms with Gasteiger partial charge in [0.25, 0.3) is 0 Å². The van der Waals surface area contributed by atoms with Crippen molar-refractivity contribution in [2.75, 3.05) is 6.54 Å². The summed E-state index contributed by atoms with van der Waals surface area (Å²) in [6, 6.07) is 11.0. The minimum atomic E-state index is -0.328. The fraction of sp³-hybridized carbons (Fsp3) is 0.333. The first-order valence-electron chi connectivity index (χ1n) is 7.34. The molecule has 2 aromatic carbocycles. The Morgan fingerprint density at radius 3 is 2.48 bits per heavy atom. The number of rotatable bonds is 6. The molecule has 1 N–H and O–H groups in total. The Morgan fingerprint density at radius 2 is 1.81 bits per heavy atom. The summed E-state index contributed by atoms with van der Waals surface area (Å²) in [4.78, 5) is 0. The quantitative estimate of drug-likeness (QED) is 0.775. The lowest BCUT2D eigenvalue weighted by atomic mass is 10.1. The third-order valence-corrected chi connectivity index (χ3v) is 3.30. The lowest BCUT2D eigenvalue weighted by molar-refractivity contribution is 0.438. The molecule has 0 atom stereocenters. The standard InChI is InChI=1S/C18H22FNO/c1-4-9-20-12-15-6-8-18(16(19)11-15)21-17-7-5-13(2)10-14(17)3/h5-8,10-11,20H,4,9,12H2,1-3H3. The highest BCUT2D eigenvalue weighted by Crippen LogP contribution is 2.28. The molecule has 0 aliphatic carbocycles. The Bertz CT molecular complexity index is 610. The molecule has 0 aliphatic rings. The SMILES string of the molecule is CCCNCc1ccc(Oc2ccc(C)cc2C)c(F)c1. The van der Waals surface area contributed by atoms with Gasteiger partial charge < -0.3 is 10.1 Å². The number of halogens is 1. The molecule has 2 nitrogen and oxygen atoms in total. The van der Waals surface area contributed by atoms with E-state index in [1.54, 1.807) is 6.07 Å². The van der Waals surface area contributed by atoms with Crippen LogP contribution in [0.4, 0.5) is 4.39 Å². The predicted molar refractivity (Wildman–Crippen MR) is 84.4 cm³/mol. The van der Waals surface area contributed by atoms with Crippen LogP contribution in [0.2, 0.25) is 0 Å². The first kappa shape index (κ1) is 15.5. The van der Waals surface area contributed by atoms with Gasteiger partial charge in [-0.1, -0.05) is 30.7 Å². The van der Waals surface area contributed by atoms with Gasteiger partial charge in [0.2, 0.25) is 0 Å². The second kappa shape index (κ2) is 7.23. The van der Waals surface area contributed by atoms with Crippen LogP contribution in [0.25, 0.3) is 0 Å². The maximum absolute atomic E-state index is 14.1. The van der Waals surface area contributed by atoms with E-state index in [-0.39, 0.29) is 11.6 Å². The van der Waals surface area contributed by atoms with E-state index in [0.717, 1.165) is 29.7 Å². The molecule has 0 amide bonds. The van der Waals surface area contributed by atoms with Crippen LogP contribution in [0, 0.1) is 19.7 Å². The smallest absolute Gasteiger partial charge is 0.166 e. The minimum Gasteiger partial charge on any atom is -0.454 e. The Hall–Kier alpha value is -1.87. The molecule has 2 rings (SSSR count). The van der Waals surface area contributed by atoms with Crippen molar-refractivity contribution in [1.82, 2.24) is 5.32 Å². The Kier molecular flexibility index (Phi) is 5.34. The molecule has 0 aromatic heterocycles. The highest BCUT2D eigenvalue weighted by atomic mass is 19.1. The molecule has 0 heterocycles. The van der Waals surface area contributed by atoms with Crippen molar-refractivity contribution < 1.29 is 9.13 Å². The van der Waals surface area contributed by atoms with Crippen LogP contribution < -0.4 is 10.1 Å². The van der Waals surface area contributed by atoms with E-state index in [2.05, 4.69) is 12.2 Å². The molecule has 0 saturated carbocycles. The van der Waals surface area contributed by atoms with Gasteiger partial charge in [-0.25, -0.2) is 4.39 Å². The number of benzene rings is 2. The molecule has 21 heavy (non-hydrogen) atoms. The topological polar surface area (TPSA) is 21.3 Å². The molecular weight excluding hydrogens is 265 g/mol. The van der Waals surface area contributed by atoms with Crippen molar-refractivity contribution in [3.63, 3.8) is 0 Å². The van der Waals surface area contributed by atoms with E-state index in [0.29, 0.717) is 12.3 Å². The van der Waals surface area contributed by atoms with Gasteiger partial charge in [-0.3, -0.25) is 0 Å². The number of ether oxygens (including phenoxy) is 1. The van der Waals surface area contributed by atoms with Crippen LogP contribution in [-0.2, 0) is 6.54 Å². The van der Waals surface area contributed by atoms with Gasteiger partial charge in [0.05, 0.1) is 0 Å². The van der Waals surface area contributed by atoms with E-state index < -0.39 is 0 Å². The molecular formula is C18H22FNO. The van der Waals surface area contributed by atoms with Gasteiger partial charge in [0.15, 0.2) is 11.6 Å². The molecule has 3 heteroatoms. The minimum absolute atomic E-state index is 0.265. The summed E-state index contributed by atoms with van der Waals surface area (Å²) in [7, 11) is 0. The highest BCUT2D eigenvalue weighted by molar-refractivity contribution is 5.40. The molecule has 0 fully saturated rings. The maximum Gasteiger partial charge on any atom is 0.166 e. The second-order valence-electron chi connectivity index (χ2n) is 5.31. The molecule has 0 radical (unpaired) electrons. The van der Waals surface area contributed by atoms with Crippen LogP contribution in [-0.4, -0.2) is 6.54 Å². The summed E-state index contributed by atoms with van der Waals surface area (Å²) in [5.41, 5.74) is 3.09. The summed E-state index contributed by atoms with van der Waals surface area (Å²) in [6.45, 7) is 7.70. The summed E-state index contributed by atoms with van der Waals surface area (Å²) >= 11 is 0. The van der Waals surface area contributed by atoms with E-state index in [1.807, 2.05) is 38.1 Å². The van der Waals surface area contributed by atoms with Crippen molar-refractivity contribution >= 4 is 0 Å². The monoisotopic (exact) mass is 287 g/mol. The molecule has 0 aliphatic heterocycles. The summed E-state index contributed by atoms with van der Waals surface area (Å²) in [5.74, 6) is 0.628. The zero-order valence-corrected chi connectivity index (χ0v) is 12.9. The van der Waals surface area contributed by atoms with Crippen molar-refractivity contribution in [3.8, 4) is 11.5 Å². The van der Waals surface area contributed by atoms with Gasteiger partial charge in [-0.05, 0) is 56.1 Å². The van der Waals surface area contributed by atoms with E-state index in [9.17, 15) is 4.39 Å². The van der Waals surface area contributed by atoms with Gasteiger partial charge in [-0.15, -0.1) is 0 Å². The van der Waals surface area contributed by atoms with Crippen LogP contribution in [0.15, 0.2) is 36.4 Å². The number of nitrogens with one attached hydrogen (secondary N) is 1. The summed E-state index contributed by atoms with van der Waals surface area (Å²) in [6.07, 6.45) is 1.07. The number of aryl methyl sites for hydroxylation is 2. The first-order chi connectivity index (χ1) is 10.1. The molecule has 0 unspecified atom stereocenters. The zero-order chi connectivity index (χ0) is 15.2. The normalized spacial score (nSPS) is 10.7. The lowest BCUT2D eigenvalue weighted by Crippen LogP contribution is -2.13. The third-order valence-electron chi connectivity index (χ3n) is 3.30. The zero-order valence-electron chi connectivity index (χ0n) is 12.9. The fourth-order valence-electron chi connectivity index (χ4n) is 2.18. The summed E-state index contributed by atoms with van der Waals surface area (Å²) < 4.78 is 19.8. The van der Waals surface area contributed by atoms with E-state index >= 15 is 0 Å². The molecule has 0 bridgehead atoms. The highest BCUT2D eigenvalue weighted by Gasteiger charge is 2.08. The van der Waals surface area contributed by atoms with Crippen molar-refractivity contribution in [2.24, 2.45) is 0 Å². The Morgan fingerprint density at radius 1 is 1.05 bits per heavy atom. The Labute approximate surface area is 126 Å². The van der Waals surface area contributed by atoms with Gasteiger partial charge in [-0.2, -0.15) is 0 Å². The van der Waals surface area contributed by atoms with E-state index in [1.165, 1.54) is 6.07 Å². The first-order valence-corrected chi connectivity index (χ1v) is 7.34. The van der Waals surface area contributed by atoms with Crippen molar-refractivity contribution in [2.45, 2.75) is 33.7 Å². The van der Waals surface area contributed by atoms with Crippen LogP contribution >= 0.6 is 0 Å². The van der Waals surface area contributed by atoms with Crippen molar-refractivity contribution in [1.29, 1.82) is 0 Å². The van der Waals surface area contributed by atoms with Crippen LogP contribution in [0.1, 0.15) is 30.0 Å². The average molecular weight is 287 g/mol. The predicted octanol–water partition coefficient (Wildman–Crippen LogP) is 4.73. The van der Waals surface area contributed by atoms with E-state index in [4.69, 9.17) is 4.74 Å². The van der Waals surface area contributed by atoms with Crippen LogP contribution in [0.5, 0.6) is 11.5 Å². The number of hydrogen-bond acceptors (Lipinski definition) is 2. The second-order valence-corrected chi connectivity index (χ2v) is 5.31. The molecule has 112 valence electrons. The largest absolute Gasteiger partial charge is 0.454 e. The van der Waals surface area contributed by atoms with Gasteiger partial charge in [0, 0.05) is 6.54 Å². The molecule has 2 aromatic rings. The molecule has 0 spiro atoms. The fourth-order valence-corrected chi connectivity index (χ4v) is 2.18. The lowest BCUT2D eigenvalue weighted by Gasteiger charge is -2.11. The third kappa shape index (κ3) is 4.30. The van der Waals surface area contributed by atoms with Crippen LogP contribution in [0.3, 0.4) is 0 Å². The van der Waals surface area contributed by atoms with Crippen molar-refractivity contribution in [3.05, 3.63) is 58.9 Å². The van der Waals surface area contributed by atoms with Gasteiger partial charge >= 0.3 is 0 Å². The van der Waals surface area contributed by atoms with Gasteiger partial charge in [0.1, 0.15) is 5.75 Å². The molecule has 0 saturated heterocycles. The summed E-state index contributed by atoms with van der Waals surface area (Å²) in [5, 5.41) is 3.26. The Balaban J connectivity index is 2.10. The average Bonchev–Trinajstić information content (AvgIpc) is 2.44.